The molecule has 4 aromatic rings. The van der Waals surface area contributed by atoms with Crippen LogP contribution >= 0.6 is 11.8 Å². The smallest absolute Gasteiger partial charge is 0.196 e. The average molecular weight is 433 g/mol. The first kappa shape index (κ1) is 20.9. The highest BCUT2D eigenvalue weighted by atomic mass is 32.2. The first-order chi connectivity index (χ1) is 15.3. The lowest BCUT2D eigenvalue weighted by Gasteiger charge is -2.12. The van der Waals surface area contributed by atoms with E-state index in [-0.39, 0.29) is 0 Å². The molecule has 0 radical (unpaired) electrons. The molecule has 0 amide bonds. The van der Waals surface area contributed by atoms with Gasteiger partial charge in [-0.3, -0.25) is 9.55 Å². The fraction of sp³-hybridized carbons (Fsp3) is 0.208. The van der Waals surface area contributed by atoms with Crippen molar-refractivity contribution in [1.82, 2.24) is 19.7 Å². The largest absolute Gasteiger partial charge is 0.497 e. The second-order valence-corrected chi connectivity index (χ2v) is 7.82. The van der Waals surface area contributed by atoms with Gasteiger partial charge in [-0.15, -0.1) is 10.2 Å². The van der Waals surface area contributed by atoms with Crippen LogP contribution in [-0.2, 0) is 6.42 Å². The van der Waals surface area contributed by atoms with Crippen LogP contribution in [0.25, 0.3) is 17.1 Å². The molecule has 31 heavy (non-hydrogen) atoms. The predicted octanol–water partition coefficient (Wildman–Crippen LogP) is 5.07. The van der Waals surface area contributed by atoms with Crippen LogP contribution in [0.3, 0.4) is 0 Å². The van der Waals surface area contributed by atoms with Crippen molar-refractivity contribution < 1.29 is 9.47 Å². The Balaban J connectivity index is 1.66. The summed E-state index contributed by atoms with van der Waals surface area (Å²) in [6.07, 6.45) is 4.57. The first-order valence-electron chi connectivity index (χ1n) is 10.1. The lowest BCUT2D eigenvalue weighted by Crippen LogP contribution is -2.01. The van der Waals surface area contributed by atoms with Gasteiger partial charge in [-0.2, -0.15) is 0 Å². The molecule has 0 spiro atoms. The molecule has 6 nitrogen and oxygen atoms in total. The molecular formula is C24H24N4O2S. The maximum Gasteiger partial charge on any atom is 0.196 e. The molecule has 0 aliphatic carbocycles. The van der Waals surface area contributed by atoms with Gasteiger partial charge in [0.2, 0.25) is 0 Å². The quantitative estimate of drug-likeness (QED) is 0.344. The van der Waals surface area contributed by atoms with Gasteiger partial charge in [0, 0.05) is 29.4 Å². The molecule has 0 saturated heterocycles. The average Bonchev–Trinajstić information content (AvgIpc) is 3.24. The van der Waals surface area contributed by atoms with Crippen molar-refractivity contribution >= 4 is 11.8 Å². The molecule has 2 aromatic carbocycles. The van der Waals surface area contributed by atoms with E-state index in [4.69, 9.17) is 9.47 Å². The molecule has 7 heteroatoms. The molecule has 0 aliphatic rings. The number of thioether (sulfide) groups is 1. The standard InChI is InChI=1S/C24H24N4O2S/c1-3-30-21-9-7-20(8-10-21)28-23(19-5-4-6-22(17-19)29-2)26-27-24(28)31-16-13-18-11-14-25-15-12-18/h4-12,14-15,17H,3,13,16H2,1-2H3. The minimum absolute atomic E-state index is 0.636. The van der Waals surface area contributed by atoms with Gasteiger partial charge in [0.15, 0.2) is 11.0 Å². The summed E-state index contributed by atoms with van der Waals surface area (Å²) < 4.78 is 13.1. The van der Waals surface area contributed by atoms with Crippen LogP contribution in [0.5, 0.6) is 11.5 Å². The second kappa shape index (κ2) is 10.1. The van der Waals surface area contributed by atoms with Crippen molar-refractivity contribution in [2.45, 2.75) is 18.5 Å². The zero-order chi connectivity index (χ0) is 21.5. The summed E-state index contributed by atoms with van der Waals surface area (Å²) in [4.78, 5) is 4.08. The van der Waals surface area contributed by atoms with Crippen molar-refractivity contribution in [3.63, 3.8) is 0 Å². The summed E-state index contributed by atoms with van der Waals surface area (Å²) in [5.74, 6) is 3.28. The lowest BCUT2D eigenvalue weighted by molar-refractivity contribution is 0.340. The minimum Gasteiger partial charge on any atom is -0.497 e. The number of rotatable bonds is 9. The normalized spacial score (nSPS) is 10.8. The van der Waals surface area contributed by atoms with Gasteiger partial charge in [0.25, 0.3) is 0 Å². The van der Waals surface area contributed by atoms with Crippen molar-refractivity contribution in [2.24, 2.45) is 0 Å². The summed E-state index contributed by atoms with van der Waals surface area (Å²) in [6, 6.07) is 20.0. The Morgan fingerprint density at radius 2 is 1.74 bits per heavy atom. The molecule has 2 aromatic heterocycles. The summed E-state index contributed by atoms with van der Waals surface area (Å²) in [6.45, 7) is 2.61. The molecule has 0 fully saturated rings. The van der Waals surface area contributed by atoms with Crippen molar-refractivity contribution in [1.29, 1.82) is 0 Å². The SMILES string of the molecule is CCOc1ccc(-n2c(SCCc3ccncc3)nnc2-c2cccc(OC)c2)cc1. The number of nitrogens with zero attached hydrogens (tertiary/aromatic N) is 4. The summed E-state index contributed by atoms with van der Waals surface area (Å²) >= 11 is 1.68. The van der Waals surface area contributed by atoms with Gasteiger partial charge in [0.1, 0.15) is 11.5 Å². The third-order valence-electron chi connectivity index (χ3n) is 4.74. The maximum absolute atomic E-state index is 5.60. The van der Waals surface area contributed by atoms with E-state index in [1.54, 1.807) is 18.9 Å². The van der Waals surface area contributed by atoms with E-state index in [0.717, 1.165) is 45.9 Å². The van der Waals surface area contributed by atoms with E-state index < -0.39 is 0 Å². The number of hydrogen-bond acceptors (Lipinski definition) is 6. The number of pyridine rings is 1. The Kier molecular flexibility index (Phi) is 6.84. The summed E-state index contributed by atoms with van der Waals surface area (Å²) in [5, 5.41) is 9.87. The van der Waals surface area contributed by atoms with Crippen LogP contribution in [0.15, 0.2) is 78.2 Å². The van der Waals surface area contributed by atoms with E-state index in [9.17, 15) is 0 Å². The Morgan fingerprint density at radius 3 is 2.48 bits per heavy atom. The van der Waals surface area contributed by atoms with E-state index in [0.29, 0.717) is 6.61 Å². The van der Waals surface area contributed by atoms with Crippen LogP contribution in [0, 0.1) is 0 Å². The monoisotopic (exact) mass is 432 g/mol. The highest BCUT2D eigenvalue weighted by Crippen LogP contribution is 2.30. The van der Waals surface area contributed by atoms with Gasteiger partial charge < -0.3 is 9.47 Å². The maximum atomic E-state index is 5.60. The Labute approximate surface area is 186 Å². The first-order valence-corrected chi connectivity index (χ1v) is 11.1. The highest BCUT2D eigenvalue weighted by Gasteiger charge is 2.17. The Hall–Kier alpha value is -3.32. The van der Waals surface area contributed by atoms with Gasteiger partial charge in [0.05, 0.1) is 13.7 Å². The topological polar surface area (TPSA) is 62.1 Å². The fourth-order valence-corrected chi connectivity index (χ4v) is 4.15. The Bertz CT molecular complexity index is 1110. The molecule has 0 bridgehead atoms. The van der Waals surface area contributed by atoms with E-state index >= 15 is 0 Å². The highest BCUT2D eigenvalue weighted by molar-refractivity contribution is 7.99. The summed E-state index contributed by atoms with van der Waals surface area (Å²) in [7, 11) is 1.66. The van der Waals surface area contributed by atoms with E-state index in [1.165, 1.54) is 5.56 Å². The molecular weight excluding hydrogens is 408 g/mol. The van der Waals surface area contributed by atoms with E-state index in [1.807, 2.05) is 80.0 Å². The van der Waals surface area contributed by atoms with Gasteiger partial charge in [-0.1, -0.05) is 23.9 Å². The zero-order valence-electron chi connectivity index (χ0n) is 17.6. The fourth-order valence-electron chi connectivity index (χ4n) is 3.21. The molecule has 0 saturated carbocycles. The van der Waals surface area contributed by atoms with Crippen molar-refractivity contribution in [2.75, 3.05) is 19.5 Å². The molecule has 0 unspecified atom stereocenters. The predicted molar refractivity (Wildman–Crippen MR) is 123 cm³/mol. The molecule has 0 N–H and O–H groups in total. The number of methoxy groups -OCH3 is 1. The van der Waals surface area contributed by atoms with Crippen molar-refractivity contribution in [3.8, 4) is 28.6 Å². The third-order valence-corrected chi connectivity index (χ3v) is 5.67. The Morgan fingerprint density at radius 1 is 0.935 bits per heavy atom. The van der Waals surface area contributed by atoms with Crippen molar-refractivity contribution in [3.05, 3.63) is 78.6 Å². The zero-order valence-corrected chi connectivity index (χ0v) is 18.4. The van der Waals surface area contributed by atoms with Gasteiger partial charge >= 0.3 is 0 Å². The lowest BCUT2D eigenvalue weighted by atomic mass is 10.2. The number of aryl methyl sites for hydroxylation is 1. The van der Waals surface area contributed by atoms with Crippen LogP contribution in [0.4, 0.5) is 0 Å². The van der Waals surface area contributed by atoms with Crippen LogP contribution in [0.1, 0.15) is 12.5 Å². The van der Waals surface area contributed by atoms with Crippen LogP contribution in [-0.4, -0.2) is 39.2 Å². The second-order valence-electron chi connectivity index (χ2n) is 6.75. The number of hydrogen-bond donors (Lipinski definition) is 0. The number of ether oxygens (including phenoxy) is 2. The molecule has 4 rings (SSSR count). The molecule has 158 valence electrons. The molecule has 2 heterocycles. The molecule has 0 aliphatic heterocycles. The molecule has 0 atom stereocenters. The van der Waals surface area contributed by atoms with E-state index in [2.05, 4.69) is 19.7 Å². The van der Waals surface area contributed by atoms with Crippen LogP contribution in [0.2, 0.25) is 0 Å². The minimum atomic E-state index is 0.636. The number of benzene rings is 2. The van der Waals surface area contributed by atoms with Crippen LogP contribution < -0.4 is 9.47 Å². The number of aromatic nitrogens is 4. The van der Waals surface area contributed by atoms with Gasteiger partial charge in [-0.05, 0) is 67.4 Å². The summed E-state index contributed by atoms with van der Waals surface area (Å²) in [5.41, 5.74) is 3.18. The van der Waals surface area contributed by atoms with Gasteiger partial charge in [-0.25, -0.2) is 0 Å². The third kappa shape index (κ3) is 5.06.